The van der Waals surface area contributed by atoms with Crippen molar-refractivity contribution in [1.29, 1.82) is 0 Å². The molecule has 5 heteroatoms. The van der Waals surface area contributed by atoms with Crippen molar-refractivity contribution in [2.75, 3.05) is 13.2 Å². The van der Waals surface area contributed by atoms with Gasteiger partial charge in [-0.15, -0.1) is 0 Å². The quantitative estimate of drug-likeness (QED) is 0.739. The fourth-order valence-electron chi connectivity index (χ4n) is 1.09. The van der Waals surface area contributed by atoms with Crippen LogP contribution in [0.1, 0.15) is 26.7 Å². The molecule has 17 heavy (non-hydrogen) atoms. The fraction of sp³-hybridized carbons (Fsp3) is 0.500. The molecule has 2 rings (SSSR count). The zero-order valence-corrected chi connectivity index (χ0v) is 11.8. The van der Waals surface area contributed by atoms with Crippen LogP contribution in [0.25, 0.3) is 0 Å². The molecular weight excluding hydrogens is 260 g/mol. The summed E-state index contributed by atoms with van der Waals surface area (Å²) in [6.45, 7) is 6.00. The zero-order chi connectivity index (χ0) is 13.1. The van der Waals surface area contributed by atoms with Crippen LogP contribution in [0.4, 0.5) is 0 Å². The number of halogens is 1. The first kappa shape index (κ1) is 16.4. The maximum absolute atomic E-state index is 10.6. The van der Waals surface area contributed by atoms with Gasteiger partial charge in [0.25, 0.3) is 9.05 Å². The van der Waals surface area contributed by atoms with Crippen LogP contribution in [-0.2, 0) is 13.8 Å². The summed E-state index contributed by atoms with van der Waals surface area (Å²) in [7, 11) is 1.50. The molecule has 98 valence electrons. The Balaban J connectivity index is 0.000000306. The lowest BCUT2D eigenvalue weighted by atomic mass is 10.4. The van der Waals surface area contributed by atoms with Crippen molar-refractivity contribution < 1.29 is 13.2 Å². The molecule has 0 spiro atoms. The van der Waals surface area contributed by atoms with Gasteiger partial charge in [-0.1, -0.05) is 32.0 Å². The van der Waals surface area contributed by atoms with Crippen LogP contribution in [0.3, 0.4) is 0 Å². The second-order valence-corrected chi connectivity index (χ2v) is 5.64. The van der Waals surface area contributed by atoms with Crippen molar-refractivity contribution in [3.05, 3.63) is 30.3 Å². The highest BCUT2D eigenvalue weighted by atomic mass is 35.7. The Bertz CT molecular complexity index is 364. The molecule has 0 aliphatic carbocycles. The molecule has 0 bridgehead atoms. The highest BCUT2D eigenvalue weighted by Gasteiger charge is 2.06. The van der Waals surface area contributed by atoms with Crippen molar-refractivity contribution in [2.24, 2.45) is 0 Å². The molecule has 1 saturated heterocycles. The van der Waals surface area contributed by atoms with Crippen molar-refractivity contribution >= 4 is 19.7 Å². The summed E-state index contributed by atoms with van der Waals surface area (Å²) in [5.74, 6) is 0. The third-order valence-corrected chi connectivity index (χ3v) is 3.22. The van der Waals surface area contributed by atoms with Crippen LogP contribution in [0.5, 0.6) is 0 Å². The molecule has 1 aliphatic rings. The van der Waals surface area contributed by atoms with Gasteiger partial charge in [0.2, 0.25) is 0 Å². The molecule has 1 heterocycles. The first-order valence-electron chi connectivity index (χ1n) is 5.68. The SMILES string of the molecule is C1CCOC1.CC.O=S(=O)(Cl)c1ccccc1. The van der Waals surface area contributed by atoms with Gasteiger partial charge < -0.3 is 4.74 Å². The zero-order valence-electron chi connectivity index (χ0n) is 10.2. The van der Waals surface area contributed by atoms with Gasteiger partial charge in [0.15, 0.2) is 0 Å². The summed E-state index contributed by atoms with van der Waals surface area (Å²) in [4.78, 5) is 0.136. The van der Waals surface area contributed by atoms with Crippen LogP contribution < -0.4 is 0 Å². The molecule has 1 fully saturated rings. The standard InChI is InChI=1S/C6H5ClO2S.C4H8O.C2H6/c7-10(8,9)6-4-2-1-3-5-6;1-2-4-5-3-1;1-2/h1-5H;1-4H2;1-2H3. The minimum atomic E-state index is -3.53. The van der Waals surface area contributed by atoms with E-state index in [2.05, 4.69) is 0 Å². The van der Waals surface area contributed by atoms with Crippen LogP contribution in [-0.4, -0.2) is 21.6 Å². The fourth-order valence-corrected chi connectivity index (χ4v) is 1.88. The van der Waals surface area contributed by atoms with Gasteiger partial charge in [0, 0.05) is 23.9 Å². The van der Waals surface area contributed by atoms with Crippen molar-refractivity contribution in [3.63, 3.8) is 0 Å². The third kappa shape index (κ3) is 8.18. The van der Waals surface area contributed by atoms with Crippen LogP contribution in [0.15, 0.2) is 35.2 Å². The molecule has 0 aromatic heterocycles. The lowest BCUT2D eigenvalue weighted by Crippen LogP contribution is -1.87. The van der Waals surface area contributed by atoms with E-state index >= 15 is 0 Å². The van der Waals surface area contributed by atoms with Crippen molar-refractivity contribution in [1.82, 2.24) is 0 Å². The van der Waals surface area contributed by atoms with E-state index in [4.69, 9.17) is 15.4 Å². The summed E-state index contributed by atoms with van der Waals surface area (Å²) in [5.41, 5.74) is 0. The number of benzene rings is 1. The predicted octanol–water partition coefficient (Wildman–Crippen LogP) is 3.44. The minimum Gasteiger partial charge on any atom is -0.381 e. The molecule has 1 aromatic carbocycles. The molecule has 0 amide bonds. The summed E-state index contributed by atoms with van der Waals surface area (Å²) in [6, 6.07) is 7.86. The summed E-state index contributed by atoms with van der Waals surface area (Å²) in [5, 5.41) is 0. The lowest BCUT2D eigenvalue weighted by molar-refractivity contribution is 0.198. The highest BCUT2D eigenvalue weighted by Crippen LogP contribution is 2.12. The highest BCUT2D eigenvalue weighted by molar-refractivity contribution is 8.13. The Labute approximate surface area is 108 Å². The molecule has 1 aliphatic heterocycles. The monoisotopic (exact) mass is 278 g/mol. The van der Waals surface area contributed by atoms with E-state index in [9.17, 15) is 8.42 Å². The number of ether oxygens (including phenoxy) is 1. The first-order valence-corrected chi connectivity index (χ1v) is 7.99. The predicted molar refractivity (Wildman–Crippen MR) is 70.9 cm³/mol. The second kappa shape index (κ2) is 9.45. The Morgan fingerprint density at radius 1 is 1.06 bits per heavy atom. The van der Waals surface area contributed by atoms with Crippen molar-refractivity contribution in [3.8, 4) is 0 Å². The number of rotatable bonds is 1. The molecule has 0 N–H and O–H groups in total. The van der Waals surface area contributed by atoms with E-state index in [1.807, 2.05) is 13.8 Å². The van der Waals surface area contributed by atoms with E-state index in [1.165, 1.54) is 25.0 Å². The van der Waals surface area contributed by atoms with Crippen LogP contribution in [0.2, 0.25) is 0 Å². The Kier molecular flexibility index (Phi) is 9.13. The minimum absolute atomic E-state index is 0.136. The van der Waals surface area contributed by atoms with Gasteiger partial charge in [-0.25, -0.2) is 8.42 Å². The molecular formula is C12H19ClO3S. The summed E-state index contributed by atoms with van der Waals surface area (Å²) < 4.78 is 26.1. The van der Waals surface area contributed by atoms with Crippen LogP contribution in [0, 0.1) is 0 Å². The third-order valence-electron chi connectivity index (χ3n) is 1.85. The average molecular weight is 279 g/mol. The Hall–Kier alpha value is -0.580. The van der Waals surface area contributed by atoms with Gasteiger partial charge >= 0.3 is 0 Å². The van der Waals surface area contributed by atoms with Gasteiger partial charge in [-0.2, -0.15) is 0 Å². The van der Waals surface area contributed by atoms with E-state index < -0.39 is 9.05 Å². The second-order valence-electron chi connectivity index (χ2n) is 3.07. The van der Waals surface area contributed by atoms with E-state index in [1.54, 1.807) is 18.2 Å². The summed E-state index contributed by atoms with van der Waals surface area (Å²) in [6.07, 6.45) is 2.56. The summed E-state index contributed by atoms with van der Waals surface area (Å²) >= 11 is 0. The molecule has 1 aromatic rings. The van der Waals surface area contributed by atoms with E-state index in [-0.39, 0.29) is 4.90 Å². The topological polar surface area (TPSA) is 43.4 Å². The first-order chi connectivity index (χ1) is 8.11. The lowest BCUT2D eigenvalue weighted by Gasteiger charge is -1.91. The molecule has 0 radical (unpaired) electrons. The smallest absolute Gasteiger partial charge is 0.261 e. The normalized spacial score (nSPS) is 14.1. The molecule has 3 nitrogen and oxygen atoms in total. The van der Waals surface area contributed by atoms with Gasteiger partial charge in [0.1, 0.15) is 0 Å². The number of hydrogen-bond acceptors (Lipinski definition) is 3. The molecule has 0 unspecified atom stereocenters. The average Bonchev–Trinajstić information content (AvgIpc) is 2.90. The van der Waals surface area contributed by atoms with Gasteiger partial charge in [-0.05, 0) is 25.0 Å². The van der Waals surface area contributed by atoms with E-state index in [0.29, 0.717) is 0 Å². The number of hydrogen-bond donors (Lipinski definition) is 0. The molecule has 0 saturated carbocycles. The Morgan fingerprint density at radius 3 is 1.76 bits per heavy atom. The maximum atomic E-state index is 10.6. The molecule has 0 atom stereocenters. The largest absolute Gasteiger partial charge is 0.381 e. The maximum Gasteiger partial charge on any atom is 0.261 e. The van der Waals surface area contributed by atoms with E-state index in [0.717, 1.165) is 13.2 Å². The Morgan fingerprint density at radius 2 is 1.53 bits per heavy atom. The van der Waals surface area contributed by atoms with Crippen LogP contribution >= 0.6 is 10.7 Å². The van der Waals surface area contributed by atoms with Gasteiger partial charge in [0.05, 0.1) is 4.90 Å². The van der Waals surface area contributed by atoms with Crippen molar-refractivity contribution in [2.45, 2.75) is 31.6 Å². The van der Waals surface area contributed by atoms with Gasteiger partial charge in [-0.3, -0.25) is 0 Å².